The summed E-state index contributed by atoms with van der Waals surface area (Å²) < 4.78 is 0.956. The predicted molar refractivity (Wildman–Crippen MR) is 110 cm³/mol. The lowest BCUT2D eigenvalue weighted by Crippen LogP contribution is -2.56. The molecule has 2 unspecified atom stereocenters. The van der Waals surface area contributed by atoms with Crippen LogP contribution in [0.5, 0.6) is 0 Å². The Balaban J connectivity index is 1.68. The lowest BCUT2D eigenvalue weighted by molar-refractivity contribution is -0.141. The Bertz CT molecular complexity index is 548. The first-order chi connectivity index (χ1) is 11.8. The summed E-state index contributed by atoms with van der Waals surface area (Å²) in [6.07, 6.45) is 10.3. The highest BCUT2D eigenvalue weighted by molar-refractivity contribution is 14.1. The predicted octanol–water partition coefficient (Wildman–Crippen LogP) is 5.32. The van der Waals surface area contributed by atoms with Gasteiger partial charge in [0, 0.05) is 8.99 Å². The third-order valence-corrected chi connectivity index (χ3v) is 10.1. The molecule has 25 heavy (non-hydrogen) atoms. The van der Waals surface area contributed by atoms with Gasteiger partial charge >= 0.3 is 0 Å². The molecular formula is C22H35IO2. The zero-order chi connectivity index (χ0) is 18.0. The standard InChI is InChI=1S/C22H35IO2/c1-4-14-12-21(3)19(9-10-22(21,25)13(2)23)18-7-5-15-11-16(24)6-8-17(15)20(14)18/h14-20,24-25H,2,4-12H2,1,3H3/t14-,15?,16?,17-,18-,19-,20+,21-,22+/m0/s1. The van der Waals surface area contributed by atoms with Crippen LogP contribution >= 0.6 is 22.6 Å². The fourth-order valence-electron chi connectivity index (χ4n) is 8.01. The molecule has 3 heteroatoms. The third kappa shape index (κ3) is 2.61. The largest absolute Gasteiger partial charge is 0.393 e. The van der Waals surface area contributed by atoms with Gasteiger partial charge in [0.05, 0.1) is 6.10 Å². The maximum atomic E-state index is 11.6. The molecule has 2 nitrogen and oxygen atoms in total. The Morgan fingerprint density at radius 3 is 2.56 bits per heavy atom. The van der Waals surface area contributed by atoms with Crippen molar-refractivity contribution >= 4 is 22.6 Å². The number of halogens is 1. The molecule has 0 aromatic carbocycles. The van der Waals surface area contributed by atoms with Crippen molar-refractivity contribution in [3.8, 4) is 0 Å². The van der Waals surface area contributed by atoms with Gasteiger partial charge in [0.1, 0.15) is 5.60 Å². The monoisotopic (exact) mass is 458 g/mol. The third-order valence-electron chi connectivity index (χ3n) is 9.17. The molecule has 142 valence electrons. The van der Waals surface area contributed by atoms with E-state index in [4.69, 9.17) is 0 Å². The van der Waals surface area contributed by atoms with E-state index in [1.54, 1.807) is 0 Å². The minimum atomic E-state index is -0.670. The van der Waals surface area contributed by atoms with Crippen LogP contribution in [-0.2, 0) is 0 Å². The molecule has 9 atom stereocenters. The summed E-state index contributed by atoms with van der Waals surface area (Å²) in [5, 5.41) is 21.7. The van der Waals surface area contributed by atoms with E-state index in [1.165, 1.54) is 38.5 Å². The number of fused-ring (bicyclic) bond motifs is 5. The Labute approximate surface area is 167 Å². The van der Waals surface area contributed by atoms with Crippen LogP contribution in [0.25, 0.3) is 0 Å². The Kier molecular flexibility index (Phi) is 4.85. The molecule has 0 spiro atoms. The van der Waals surface area contributed by atoms with E-state index in [9.17, 15) is 10.2 Å². The second-order valence-electron chi connectivity index (χ2n) is 9.91. The first-order valence-electron chi connectivity index (χ1n) is 10.6. The van der Waals surface area contributed by atoms with Crippen molar-refractivity contribution < 1.29 is 10.2 Å². The zero-order valence-corrected chi connectivity index (χ0v) is 18.0. The molecule has 4 aliphatic rings. The molecule has 0 bridgehead atoms. The molecule has 0 saturated heterocycles. The molecule has 0 amide bonds. The first-order valence-corrected chi connectivity index (χ1v) is 11.6. The van der Waals surface area contributed by atoms with Crippen molar-refractivity contribution in [3.05, 3.63) is 10.2 Å². The highest BCUT2D eigenvalue weighted by atomic mass is 127. The Morgan fingerprint density at radius 1 is 1.16 bits per heavy atom. The normalized spacial score (nSPS) is 55.2. The van der Waals surface area contributed by atoms with Crippen molar-refractivity contribution in [3.63, 3.8) is 0 Å². The van der Waals surface area contributed by atoms with Gasteiger partial charge in [-0.15, -0.1) is 0 Å². The minimum absolute atomic E-state index is 0.00807. The van der Waals surface area contributed by atoms with E-state index in [1.807, 2.05) is 0 Å². The van der Waals surface area contributed by atoms with E-state index < -0.39 is 5.60 Å². The summed E-state index contributed by atoms with van der Waals surface area (Å²) in [7, 11) is 0. The van der Waals surface area contributed by atoms with Crippen LogP contribution in [0.4, 0.5) is 0 Å². The van der Waals surface area contributed by atoms with E-state index in [2.05, 4.69) is 43.0 Å². The summed E-state index contributed by atoms with van der Waals surface area (Å²) in [5.41, 5.74) is -0.662. The van der Waals surface area contributed by atoms with E-state index in [0.717, 1.165) is 52.4 Å². The minimum Gasteiger partial charge on any atom is -0.393 e. The molecular weight excluding hydrogens is 423 g/mol. The molecule has 4 rings (SSSR count). The molecule has 0 radical (unpaired) electrons. The summed E-state index contributed by atoms with van der Waals surface area (Å²) in [6, 6.07) is 0. The van der Waals surface area contributed by atoms with Gasteiger partial charge in [-0.3, -0.25) is 0 Å². The van der Waals surface area contributed by atoms with E-state index >= 15 is 0 Å². The van der Waals surface area contributed by atoms with Gasteiger partial charge in [-0.25, -0.2) is 0 Å². The Morgan fingerprint density at radius 2 is 1.88 bits per heavy atom. The summed E-state index contributed by atoms with van der Waals surface area (Å²) in [4.78, 5) is 0. The number of hydrogen-bond acceptors (Lipinski definition) is 2. The molecule has 2 N–H and O–H groups in total. The lowest BCUT2D eigenvalue weighted by Gasteiger charge is -2.60. The number of hydrogen-bond donors (Lipinski definition) is 2. The molecule has 0 aromatic heterocycles. The van der Waals surface area contributed by atoms with Crippen LogP contribution in [0.1, 0.15) is 71.6 Å². The van der Waals surface area contributed by atoms with Crippen molar-refractivity contribution in [2.24, 2.45) is 40.9 Å². The zero-order valence-electron chi connectivity index (χ0n) is 15.9. The highest BCUT2D eigenvalue weighted by Crippen LogP contribution is 2.68. The van der Waals surface area contributed by atoms with E-state index in [0.29, 0.717) is 5.92 Å². The smallest absolute Gasteiger partial charge is 0.100 e. The fourth-order valence-corrected chi connectivity index (χ4v) is 8.90. The van der Waals surface area contributed by atoms with Gasteiger partial charge in [0.2, 0.25) is 0 Å². The van der Waals surface area contributed by atoms with Crippen LogP contribution in [0.15, 0.2) is 10.2 Å². The number of aliphatic hydroxyl groups is 2. The van der Waals surface area contributed by atoms with Crippen LogP contribution in [0, 0.1) is 40.9 Å². The lowest BCUT2D eigenvalue weighted by atomic mass is 9.46. The second-order valence-corrected chi connectivity index (χ2v) is 11.2. The highest BCUT2D eigenvalue weighted by Gasteiger charge is 2.65. The molecule has 0 aromatic rings. The summed E-state index contributed by atoms with van der Waals surface area (Å²) in [6.45, 7) is 8.92. The first kappa shape index (κ1) is 18.7. The van der Waals surface area contributed by atoms with Crippen LogP contribution < -0.4 is 0 Å². The van der Waals surface area contributed by atoms with Crippen molar-refractivity contribution in [1.29, 1.82) is 0 Å². The second kappa shape index (κ2) is 6.48. The maximum Gasteiger partial charge on any atom is 0.100 e. The van der Waals surface area contributed by atoms with Crippen molar-refractivity contribution in [2.45, 2.75) is 83.3 Å². The van der Waals surface area contributed by atoms with Gasteiger partial charge in [-0.05, 0) is 109 Å². The van der Waals surface area contributed by atoms with Gasteiger partial charge in [0.15, 0.2) is 0 Å². The van der Waals surface area contributed by atoms with Crippen molar-refractivity contribution in [2.75, 3.05) is 0 Å². The number of aliphatic hydroxyl groups excluding tert-OH is 1. The molecule has 4 aliphatic carbocycles. The van der Waals surface area contributed by atoms with Crippen molar-refractivity contribution in [1.82, 2.24) is 0 Å². The average Bonchev–Trinajstić information content (AvgIpc) is 2.86. The molecule has 0 aliphatic heterocycles. The number of rotatable bonds is 2. The fraction of sp³-hybridized carbons (Fsp3) is 0.909. The quantitative estimate of drug-likeness (QED) is 0.551. The molecule has 4 saturated carbocycles. The molecule has 4 fully saturated rings. The molecule has 0 heterocycles. The topological polar surface area (TPSA) is 40.5 Å². The SMILES string of the molecule is C=C(I)[C@]1(O)CC[C@H]2[C@@H]3CCC4CC(O)CC[C@@H]4[C@H]3[C@@H](CC)C[C@@]21C. The Hall–Kier alpha value is 0.390. The summed E-state index contributed by atoms with van der Waals surface area (Å²) in [5.74, 6) is 4.58. The van der Waals surface area contributed by atoms with Gasteiger partial charge in [-0.1, -0.05) is 26.8 Å². The average molecular weight is 458 g/mol. The maximum absolute atomic E-state index is 11.6. The van der Waals surface area contributed by atoms with Gasteiger partial charge in [0.25, 0.3) is 0 Å². The van der Waals surface area contributed by atoms with Gasteiger partial charge < -0.3 is 10.2 Å². The van der Waals surface area contributed by atoms with Crippen LogP contribution in [0.2, 0.25) is 0 Å². The van der Waals surface area contributed by atoms with Crippen LogP contribution in [0.3, 0.4) is 0 Å². The van der Waals surface area contributed by atoms with E-state index in [-0.39, 0.29) is 11.5 Å². The van der Waals surface area contributed by atoms with Crippen LogP contribution in [-0.4, -0.2) is 21.9 Å². The summed E-state index contributed by atoms with van der Waals surface area (Å²) >= 11 is 2.29. The van der Waals surface area contributed by atoms with Gasteiger partial charge in [-0.2, -0.15) is 0 Å².